The molecule has 1 heterocycles. The van der Waals surface area contributed by atoms with Gasteiger partial charge in [0.1, 0.15) is 11.6 Å². The van der Waals surface area contributed by atoms with Crippen LogP contribution in [0.1, 0.15) is 11.1 Å². The summed E-state index contributed by atoms with van der Waals surface area (Å²) in [5.41, 5.74) is 2.27. The zero-order chi connectivity index (χ0) is 18.7. The van der Waals surface area contributed by atoms with Gasteiger partial charge in [-0.1, -0.05) is 11.6 Å². The van der Waals surface area contributed by atoms with Gasteiger partial charge in [-0.25, -0.2) is 4.39 Å². The average Bonchev–Trinajstić information content (AvgIpc) is 3.06. The lowest BCUT2D eigenvalue weighted by atomic mass is 10.1. The maximum atomic E-state index is 12.9. The summed E-state index contributed by atoms with van der Waals surface area (Å²) in [5, 5.41) is 6.81. The predicted molar refractivity (Wildman–Crippen MR) is 94.7 cm³/mol. The van der Waals surface area contributed by atoms with Crippen molar-refractivity contribution < 1.29 is 18.4 Å². The highest BCUT2D eigenvalue weighted by molar-refractivity contribution is 6.32. The number of hydrogen-bond acceptors (Lipinski definition) is 5. The minimum atomic E-state index is -0.443. The van der Waals surface area contributed by atoms with E-state index < -0.39 is 5.91 Å². The standard InChI is InChI=1S/C18H15ClFN3O3/c1-10-7-14(8-11(2)16(10)19)25-9-15(24)21-18-22-17(26-23-18)12-3-5-13(20)6-4-12/h3-8H,9H2,1-2H3,(H,21,23,24). The number of carbonyl (C=O) groups is 1. The number of anilines is 1. The van der Waals surface area contributed by atoms with Gasteiger partial charge in [-0.2, -0.15) is 4.98 Å². The fourth-order valence-electron chi connectivity index (χ4n) is 2.28. The Morgan fingerprint density at radius 1 is 1.23 bits per heavy atom. The van der Waals surface area contributed by atoms with Crippen molar-refractivity contribution in [3.8, 4) is 17.2 Å². The van der Waals surface area contributed by atoms with Crippen LogP contribution in [0.25, 0.3) is 11.5 Å². The zero-order valence-corrected chi connectivity index (χ0v) is 14.8. The number of nitrogens with zero attached hydrogens (tertiary/aromatic N) is 2. The molecule has 6 nitrogen and oxygen atoms in total. The van der Waals surface area contributed by atoms with Crippen LogP contribution in [0.5, 0.6) is 5.75 Å². The van der Waals surface area contributed by atoms with Crippen molar-refractivity contribution in [2.24, 2.45) is 0 Å². The molecule has 0 aliphatic carbocycles. The molecule has 1 aromatic heterocycles. The SMILES string of the molecule is Cc1cc(OCC(=O)Nc2noc(-c3ccc(F)cc3)n2)cc(C)c1Cl. The molecule has 0 atom stereocenters. The number of rotatable bonds is 5. The predicted octanol–water partition coefficient (Wildman–Crippen LogP) is 4.16. The van der Waals surface area contributed by atoms with Crippen LogP contribution >= 0.6 is 11.6 Å². The number of ether oxygens (including phenoxy) is 1. The summed E-state index contributed by atoms with van der Waals surface area (Å²) in [5.74, 6) is -0.0976. The van der Waals surface area contributed by atoms with E-state index in [1.54, 1.807) is 12.1 Å². The van der Waals surface area contributed by atoms with Crippen molar-refractivity contribution in [2.45, 2.75) is 13.8 Å². The van der Waals surface area contributed by atoms with Crippen LogP contribution in [0.2, 0.25) is 5.02 Å². The lowest BCUT2D eigenvalue weighted by Gasteiger charge is -2.09. The molecule has 0 saturated heterocycles. The number of hydrogen-bond donors (Lipinski definition) is 1. The smallest absolute Gasteiger partial charge is 0.270 e. The summed E-state index contributed by atoms with van der Waals surface area (Å²) >= 11 is 6.10. The molecular weight excluding hydrogens is 361 g/mol. The Hall–Kier alpha value is -2.93. The molecule has 0 aliphatic rings. The number of carbonyl (C=O) groups excluding carboxylic acids is 1. The van der Waals surface area contributed by atoms with Crippen molar-refractivity contribution >= 4 is 23.5 Å². The van der Waals surface area contributed by atoms with Gasteiger partial charge in [0.15, 0.2) is 6.61 Å². The molecule has 3 aromatic rings. The fourth-order valence-corrected chi connectivity index (χ4v) is 2.39. The monoisotopic (exact) mass is 375 g/mol. The third-order valence-corrected chi connectivity index (χ3v) is 4.14. The highest BCUT2D eigenvalue weighted by Crippen LogP contribution is 2.26. The Kier molecular flexibility index (Phi) is 5.18. The van der Waals surface area contributed by atoms with E-state index in [0.717, 1.165) is 11.1 Å². The van der Waals surface area contributed by atoms with E-state index in [9.17, 15) is 9.18 Å². The molecule has 0 unspecified atom stereocenters. The maximum absolute atomic E-state index is 12.9. The fraction of sp³-hybridized carbons (Fsp3) is 0.167. The first kappa shape index (κ1) is 17.9. The van der Waals surface area contributed by atoms with E-state index in [1.807, 2.05) is 13.8 Å². The minimum Gasteiger partial charge on any atom is -0.484 e. The van der Waals surface area contributed by atoms with Crippen LogP contribution in [0.3, 0.4) is 0 Å². The van der Waals surface area contributed by atoms with E-state index in [4.69, 9.17) is 20.9 Å². The number of benzene rings is 2. The van der Waals surface area contributed by atoms with Crippen LogP contribution in [0.4, 0.5) is 10.3 Å². The van der Waals surface area contributed by atoms with Gasteiger partial charge < -0.3 is 9.26 Å². The number of halogens is 2. The average molecular weight is 376 g/mol. The Balaban J connectivity index is 1.59. The number of amides is 1. The Morgan fingerprint density at radius 3 is 2.54 bits per heavy atom. The molecule has 0 aliphatic heterocycles. The van der Waals surface area contributed by atoms with Crippen LogP contribution in [-0.2, 0) is 4.79 Å². The molecule has 0 fully saturated rings. The van der Waals surface area contributed by atoms with Crippen LogP contribution in [0.15, 0.2) is 40.9 Å². The second kappa shape index (κ2) is 7.53. The first-order valence-electron chi connectivity index (χ1n) is 7.71. The Morgan fingerprint density at radius 2 is 1.88 bits per heavy atom. The second-order valence-electron chi connectivity index (χ2n) is 5.64. The highest BCUT2D eigenvalue weighted by Gasteiger charge is 2.12. The molecule has 0 bridgehead atoms. The molecular formula is C18H15ClFN3O3. The molecule has 0 radical (unpaired) electrons. The van der Waals surface area contributed by atoms with Gasteiger partial charge in [0.2, 0.25) is 0 Å². The quantitative estimate of drug-likeness (QED) is 0.724. The van der Waals surface area contributed by atoms with Crippen molar-refractivity contribution in [3.05, 3.63) is 58.4 Å². The van der Waals surface area contributed by atoms with Crippen molar-refractivity contribution in [1.29, 1.82) is 0 Å². The summed E-state index contributed by atoms with van der Waals surface area (Å²) in [4.78, 5) is 16.0. The van der Waals surface area contributed by atoms with Gasteiger partial charge in [-0.15, -0.1) is 0 Å². The molecule has 26 heavy (non-hydrogen) atoms. The van der Waals surface area contributed by atoms with E-state index in [-0.39, 0.29) is 24.3 Å². The first-order chi connectivity index (χ1) is 12.4. The molecule has 3 rings (SSSR count). The molecule has 2 aromatic carbocycles. The first-order valence-corrected chi connectivity index (χ1v) is 8.09. The largest absolute Gasteiger partial charge is 0.484 e. The van der Waals surface area contributed by atoms with E-state index >= 15 is 0 Å². The summed E-state index contributed by atoms with van der Waals surface area (Å²) in [6.45, 7) is 3.50. The van der Waals surface area contributed by atoms with E-state index in [0.29, 0.717) is 16.3 Å². The third-order valence-electron chi connectivity index (χ3n) is 3.55. The molecule has 1 N–H and O–H groups in total. The van der Waals surface area contributed by atoms with Gasteiger partial charge in [-0.3, -0.25) is 10.1 Å². The van der Waals surface area contributed by atoms with Crippen LogP contribution in [-0.4, -0.2) is 22.7 Å². The molecule has 1 amide bonds. The minimum absolute atomic E-state index is 0.00129. The molecule has 134 valence electrons. The van der Waals surface area contributed by atoms with E-state index in [1.165, 1.54) is 24.3 Å². The van der Waals surface area contributed by atoms with Crippen molar-refractivity contribution in [1.82, 2.24) is 10.1 Å². The topological polar surface area (TPSA) is 77.2 Å². The van der Waals surface area contributed by atoms with Gasteiger partial charge in [0.05, 0.1) is 0 Å². The number of aromatic nitrogens is 2. The zero-order valence-electron chi connectivity index (χ0n) is 14.0. The Bertz CT molecular complexity index is 918. The molecule has 0 spiro atoms. The van der Waals surface area contributed by atoms with Gasteiger partial charge in [-0.05, 0) is 66.5 Å². The second-order valence-corrected chi connectivity index (χ2v) is 6.02. The van der Waals surface area contributed by atoms with E-state index in [2.05, 4.69) is 15.5 Å². The Labute approximate surface area is 153 Å². The molecule has 0 saturated carbocycles. The van der Waals surface area contributed by atoms with Crippen LogP contribution in [0, 0.1) is 19.7 Å². The normalized spacial score (nSPS) is 10.6. The summed E-state index contributed by atoms with van der Waals surface area (Å²) in [7, 11) is 0. The lowest BCUT2D eigenvalue weighted by Crippen LogP contribution is -2.20. The maximum Gasteiger partial charge on any atom is 0.270 e. The van der Waals surface area contributed by atoms with Crippen molar-refractivity contribution in [3.63, 3.8) is 0 Å². The van der Waals surface area contributed by atoms with Gasteiger partial charge >= 0.3 is 0 Å². The highest BCUT2D eigenvalue weighted by atomic mass is 35.5. The lowest BCUT2D eigenvalue weighted by molar-refractivity contribution is -0.118. The number of aryl methyl sites for hydroxylation is 2. The summed E-state index contributed by atoms with van der Waals surface area (Å²) in [6, 6.07) is 9.07. The van der Waals surface area contributed by atoms with Crippen molar-refractivity contribution in [2.75, 3.05) is 11.9 Å². The molecule has 8 heteroatoms. The third kappa shape index (κ3) is 4.18. The van der Waals surface area contributed by atoms with Gasteiger partial charge in [0, 0.05) is 10.6 Å². The number of nitrogens with one attached hydrogen (secondary N) is 1. The summed E-state index contributed by atoms with van der Waals surface area (Å²) in [6.07, 6.45) is 0. The van der Waals surface area contributed by atoms with Crippen LogP contribution < -0.4 is 10.1 Å². The van der Waals surface area contributed by atoms with Gasteiger partial charge in [0.25, 0.3) is 17.7 Å². The summed E-state index contributed by atoms with van der Waals surface area (Å²) < 4.78 is 23.4.